The van der Waals surface area contributed by atoms with Crippen molar-refractivity contribution in [3.8, 4) is 0 Å². The zero-order valence-corrected chi connectivity index (χ0v) is 16.8. The third-order valence-corrected chi connectivity index (χ3v) is 6.09. The van der Waals surface area contributed by atoms with Crippen LogP contribution < -0.4 is 10.4 Å². The summed E-state index contributed by atoms with van der Waals surface area (Å²) in [6.45, 7) is 2.83. The molecule has 0 heterocycles. The van der Waals surface area contributed by atoms with Gasteiger partial charge >= 0.3 is 0 Å². The topological polar surface area (TPSA) is 74.6 Å². The highest BCUT2D eigenvalue weighted by atomic mass is 16.2. The van der Waals surface area contributed by atoms with Gasteiger partial charge in [0.1, 0.15) is 5.41 Å². The highest BCUT2D eigenvalue weighted by Crippen LogP contribution is 2.39. The van der Waals surface area contributed by atoms with Crippen molar-refractivity contribution in [1.82, 2.24) is 0 Å². The maximum atomic E-state index is 12.3. The number of ketones is 2. The summed E-state index contributed by atoms with van der Waals surface area (Å²) in [5.41, 5.74) is 3.05. The molecule has 0 fully saturated rings. The maximum Gasteiger partial charge on any atom is 0.151 e. The molecule has 2 aromatic rings. The van der Waals surface area contributed by atoms with E-state index >= 15 is 0 Å². The molecule has 1 atom stereocenters. The van der Waals surface area contributed by atoms with Gasteiger partial charge in [0, 0.05) is 11.1 Å². The predicted molar refractivity (Wildman–Crippen MR) is 118 cm³/mol. The number of benzene rings is 2. The molecule has 0 radical (unpaired) electrons. The summed E-state index contributed by atoms with van der Waals surface area (Å²) >= 11 is 0. The van der Waals surface area contributed by atoms with Gasteiger partial charge in [0.05, 0.1) is 12.5 Å². The van der Waals surface area contributed by atoms with Crippen LogP contribution in [0.1, 0.15) is 42.0 Å². The molecule has 0 bridgehead atoms. The quantitative estimate of drug-likeness (QED) is 0.613. The lowest BCUT2D eigenvalue weighted by molar-refractivity contribution is -0.131. The van der Waals surface area contributed by atoms with Crippen molar-refractivity contribution >= 4 is 36.1 Å². The Kier molecular flexibility index (Phi) is 4.78. The van der Waals surface area contributed by atoms with E-state index in [0.29, 0.717) is 10.8 Å². The molecule has 2 aromatic carbocycles. The number of fused-ring (bicyclic) bond motifs is 2. The Balaban J connectivity index is 2.07. The van der Waals surface area contributed by atoms with Crippen LogP contribution in [0.5, 0.6) is 0 Å². The van der Waals surface area contributed by atoms with E-state index in [1.54, 1.807) is 30.4 Å². The molecule has 4 nitrogen and oxygen atoms in total. The van der Waals surface area contributed by atoms with Gasteiger partial charge in [-0.2, -0.15) is 0 Å². The predicted octanol–water partition coefficient (Wildman–Crippen LogP) is 3.55. The van der Waals surface area contributed by atoms with Crippen molar-refractivity contribution in [2.75, 3.05) is 0 Å². The Morgan fingerprint density at radius 2 is 1.67 bits per heavy atom. The third kappa shape index (κ3) is 2.84. The summed E-state index contributed by atoms with van der Waals surface area (Å²) < 4.78 is 0. The van der Waals surface area contributed by atoms with Gasteiger partial charge in [-0.3, -0.25) is 9.59 Å². The number of Topliss-reactive ketones (excluding diaryl/α,β-unsaturated/α-hetero) is 2. The minimum absolute atomic E-state index is 0.238. The second kappa shape index (κ2) is 7.30. The van der Waals surface area contributed by atoms with E-state index in [4.69, 9.17) is 0 Å². The average Bonchev–Trinajstić information content (AvgIpc) is 2.76. The van der Waals surface area contributed by atoms with Gasteiger partial charge in [-0.25, -0.2) is 0 Å². The molecule has 0 unspecified atom stereocenters. The van der Waals surface area contributed by atoms with Crippen LogP contribution in [-0.2, 0) is 9.59 Å². The van der Waals surface area contributed by atoms with Gasteiger partial charge in [-0.05, 0) is 46.9 Å². The third-order valence-electron chi connectivity index (χ3n) is 6.09. The minimum Gasteiger partial charge on any atom is -0.515 e. The van der Waals surface area contributed by atoms with Gasteiger partial charge in [0.15, 0.2) is 11.6 Å². The van der Waals surface area contributed by atoms with E-state index < -0.39 is 5.41 Å². The second-order valence-electron chi connectivity index (χ2n) is 7.68. The molecule has 0 saturated carbocycles. The SMILES string of the molecule is CC(=O)C1(C(C)=O)C=Cc2c([C@@H]3C(=CO)C=Cc4ccccc43)c(=CO)ccc2=C1. The molecule has 0 aliphatic heterocycles. The van der Waals surface area contributed by atoms with Crippen LogP contribution in [0.2, 0.25) is 0 Å². The van der Waals surface area contributed by atoms with Crippen LogP contribution in [0.4, 0.5) is 0 Å². The Bertz CT molecular complexity index is 1260. The standard InChI is InChI=1S/C26H22O4/c1-16(29)26(17(2)30)12-11-23-19(13-26)8-10-21(15-28)25(23)24-20(14-27)9-7-18-5-3-4-6-22(18)24/h3-15,24,27-28H,1-2H3/t24-/m1/s1. The molecule has 2 aliphatic carbocycles. The first-order valence-electron chi connectivity index (χ1n) is 9.75. The zero-order valence-electron chi connectivity index (χ0n) is 16.8. The van der Waals surface area contributed by atoms with Crippen LogP contribution in [0.25, 0.3) is 24.5 Å². The largest absolute Gasteiger partial charge is 0.515 e. The van der Waals surface area contributed by atoms with Crippen LogP contribution >= 0.6 is 0 Å². The van der Waals surface area contributed by atoms with Gasteiger partial charge in [0.2, 0.25) is 0 Å². The fourth-order valence-electron chi connectivity index (χ4n) is 4.44. The summed E-state index contributed by atoms with van der Waals surface area (Å²) in [6, 6.07) is 11.5. The van der Waals surface area contributed by atoms with E-state index in [-0.39, 0.29) is 17.5 Å². The highest BCUT2D eigenvalue weighted by molar-refractivity contribution is 6.14. The van der Waals surface area contributed by atoms with Gasteiger partial charge < -0.3 is 10.2 Å². The molecule has 2 aliphatic rings. The normalized spacial score (nSPS) is 20.4. The van der Waals surface area contributed by atoms with Gasteiger partial charge in [-0.1, -0.05) is 66.8 Å². The van der Waals surface area contributed by atoms with Crippen molar-refractivity contribution in [3.63, 3.8) is 0 Å². The van der Waals surface area contributed by atoms with Crippen molar-refractivity contribution in [1.29, 1.82) is 0 Å². The minimum atomic E-state index is -1.28. The highest BCUT2D eigenvalue weighted by Gasteiger charge is 2.37. The molecule has 0 spiro atoms. The van der Waals surface area contributed by atoms with E-state index in [2.05, 4.69) is 0 Å². The first-order valence-corrected chi connectivity index (χ1v) is 9.75. The Labute approximate surface area is 174 Å². The number of carbonyl (C=O) groups is 2. The maximum absolute atomic E-state index is 12.3. The molecule has 0 amide bonds. The lowest BCUT2D eigenvalue weighted by Gasteiger charge is -2.29. The van der Waals surface area contributed by atoms with E-state index in [1.807, 2.05) is 36.4 Å². The Hall–Kier alpha value is -3.66. The molecule has 0 aromatic heterocycles. The smallest absolute Gasteiger partial charge is 0.151 e. The van der Waals surface area contributed by atoms with Crippen molar-refractivity contribution in [2.45, 2.75) is 19.8 Å². The van der Waals surface area contributed by atoms with E-state index in [1.165, 1.54) is 13.8 Å². The summed E-state index contributed by atoms with van der Waals surface area (Å²) in [5, 5.41) is 21.3. The Morgan fingerprint density at radius 1 is 0.933 bits per heavy atom. The summed E-state index contributed by atoms with van der Waals surface area (Å²) in [5.74, 6) is -0.791. The number of carbonyl (C=O) groups excluding carboxylic acids is 2. The second-order valence-corrected chi connectivity index (χ2v) is 7.68. The van der Waals surface area contributed by atoms with Gasteiger partial charge in [0.25, 0.3) is 0 Å². The molecule has 150 valence electrons. The fraction of sp³-hybridized carbons (Fsp3) is 0.154. The molecule has 0 saturated heterocycles. The molecule has 4 heteroatoms. The first kappa shape index (κ1) is 19.6. The molecule has 2 N–H and O–H groups in total. The summed E-state index contributed by atoms with van der Waals surface area (Å²) in [4.78, 5) is 24.7. The number of aliphatic hydroxyl groups excluding tert-OH is 2. The van der Waals surface area contributed by atoms with Crippen LogP contribution in [0.15, 0.2) is 60.4 Å². The zero-order chi connectivity index (χ0) is 21.5. The average molecular weight is 398 g/mol. The van der Waals surface area contributed by atoms with Crippen molar-refractivity contribution in [2.24, 2.45) is 5.41 Å². The van der Waals surface area contributed by atoms with E-state index in [0.717, 1.165) is 40.0 Å². The number of aliphatic hydroxyl groups is 2. The molecule has 4 rings (SSSR count). The lowest BCUT2D eigenvalue weighted by Crippen LogP contribution is -2.37. The lowest BCUT2D eigenvalue weighted by atomic mass is 9.72. The molecule has 30 heavy (non-hydrogen) atoms. The van der Waals surface area contributed by atoms with Gasteiger partial charge in [-0.15, -0.1) is 0 Å². The van der Waals surface area contributed by atoms with Crippen LogP contribution in [0, 0.1) is 5.41 Å². The number of hydrogen-bond donors (Lipinski definition) is 2. The van der Waals surface area contributed by atoms with Crippen molar-refractivity contribution < 1.29 is 19.8 Å². The van der Waals surface area contributed by atoms with Crippen LogP contribution in [0.3, 0.4) is 0 Å². The first-order chi connectivity index (χ1) is 14.4. The fourth-order valence-corrected chi connectivity index (χ4v) is 4.44. The number of rotatable bonds is 3. The number of hydrogen-bond acceptors (Lipinski definition) is 4. The summed E-state index contributed by atoms with van der Waals surface area (Å²) in [7, 11) is 0. The van der Waals surface area contributed by atoms with E-state index in [9.17, 15) is 19.8 Å². The monoisotopic (exact) mass is 398 g/mol. The number of allylic oxidation sites excluding steroid dienone is 3. The molecular formula is C26H22O4. The molecular weight excluding hydrogens is 376 g/mol. The Morgan fingerprint density at radius 3 is 2.33 bits per heavy atom. The van der Waals surface area contributed by atoms with Crippen LogP contribution in [-0.4, -0.2) is 21.8 Å². The summed E-state index contributed by atoms with van der Waals surface area (Å²) in [6.07, 6.45) is 11.1. The van der Waals surface area contributed by atoms with Crippen molar-refractivity contribution in [3.05, 3.63) is 93.1 Å².